The minimum Gasteiger partial charge on any atom is -0.493 e. The first-order valence-electron chi connectivity index (χ1n) is 5.23. The van der Waals surface area contributed by atoms with Crippen molar-refractivity contribution in [2.45, 2.75) is 13.3 Å². The smallest absolute Gasteiger partial charge is 0.231 e. The van der Waals surface area contributed by atoms with E-state index in [0.29, 0.717) is 29.6 Å². The first-order chi connectivity index (χ1) is 8.22. The Hall–Kier alpha value is -2.04. The van der Waals surface area contributed by atoms with Gasteiger partial charge in [0.1, 0.15) is 0 Å². The summed E-state index contributed by atoms with van der Waals surface area (Å²) < 4.78 is 15.5. The molecule has 0 spiro atoms. The molecule has 2 rings (SSSR count). The second kappa shape index (κ2) is 4.86. The molecule has 1 heterocycles. The average molecular weight is 234 g/mol. The van der Waals surface area contributed by atoms with Crippen LogP contribution in [0.4, 0.5) is 0 Å². The van der Waals surface area contributed by atoms with E-state index in [0.717, 1.165) is 5.56 Å². The number of hydrogen-bond acceptors (Lipinski definition) is 5. The van der Waals surface area contributed by atoms with Crippen molar-refractivity contribution >= 4 is 0 Å². The van der Waals surface area contributed by atoms with Gasteiger partial charge in [-0.1, -0.05) is 11.2 Å². The number of aryl methyl sites for hydroxylation is 1. The molecule has 0 radical (unpaired) electrons. The van der Waals surface area contributed by atoms with Crippen LogP contribution in [0.15, 0.2) is 22.7 Å². The van der Waals surface area contributed by atoms with Crippen molar-refractivity contribution in [3.8, 4) is 11.5 Å². The number of methoxy groups -OCH3 is 2. The van der Waals surface area contributed by atoms with Gasteiger partial charge in [-0.25, -0.2) is 0 Å². The number of benzene rings is 1. The zero-order valence-electron chi connectivity index (χ0n) is 10.1. The van der Waals surface area contributed by atoms with E-state index < -0.39 is 0 Å². The molecule has 0 saturated carbocycles. The number of nitrogens with zero attached hydrogens (tertiary/aromatic N) is 2. The number of aromatic nitrogens is 2. The van der Waals surface area contributed by atoms with Gasteiger partial charge in [0.15, 0.2) is 17.3 Å². The summed E-state index contributed by atoms with van der Waals surface area (Å²) in [6.45, 7) is 1.79. The van der Waals surface area contributed by atoms with Gasteiger partial charge in [-0.15, -0.1) is 0 Å². The van der Waals surface area contributed by atoms with E-state index >= 15 is 0 Å². The highest BCUT2D eigenvalue weighted by molar-refractivity contribution is 5.43. The Morgan fingerprint density at radius 3 is 2.53 bits per heavy atom. The Bertz CT molecular complexity index is 508. The van der Waals surface area contributed by atoms with E-state index in [2.05, 4.69) is 10.1 Å². The van der Waals surface area contributed by atoms with E-state index in [1.54, 1.807) is 21.1 Å². The van der Waals surface area contributed by atoms with Gasteiger partial charge in [-0.05, 0) is 24.6 Å². The zero-order valence-corrected chi connectivity index (χ0v) is 10.1. The number of ether oxygens (including phenoxy) is 2. The van der Waals surface area contributed by atoms with Crippen molar-refractivity contribution in [3.05, 3.63) is 35.5 Å². The summed E-state index contributed by atoms with van der Waals surface area (Å²) >= 11 is 0. The summed E-state index contributed by atoms with van der Waals surface area (Å²) in [5.74, 6) is 2.63. The molecule has 0 fully saturated rings. The molecular weight excluding hydrogens is 220 g/mol. The topological polar surface area (TPSA) is 57.4 Å². The van der Waals surface area contributed by atoms with Gasteiger partial charge in [0.2, 0.25) is 5.89 Å². The first-order valence-corrected chi connectivity index (χ1v) is 5.23. The highest BCUT2D eigenvalue weighted by Gasteiger charge is 2.08. The van der Waals surface area contributed by atoms with E-state index in [9.17, 15) is 0 Å². The Morgan fingerprint density at radius 2 is 1.94 bits per heavy atom. The fraction of sp³-hybridized carbons (Fsp3) is 0.333. The SMILES string of the molecule is COc1ccc(Cc2nc(C)no2)cc1OC. The second-order valence-corrected chi connectivity index (χ2v) is 3.60. The lowest BCUT2D eigenvalue weighted by molar-refractivity contribution is 0.354. The van der Waals surface area contributed by atoms with Crippen molar-refractivity contribution in [1.82, 2.24) is 10.1 Å². The van der Waals surface area contributed by atoms with Crippen LogP contribution in [0.25, 0.3) is 0 Å². The standard InChI is InChI=1S/C12H14N2O3/c1-8-13-12(17-14-8)7-9-4-5-10(15-2)11(6-9)16-3/h4-6H,7H2,1-3H3. The Morgan fingerprint density at radius 1 is 1.18 bits per heavy atom. The molecule has 2 aromatic rings. The van der Waals surface area contributed by atoms with Gasteiger partial charge in [0.05, 0.1) is 20.6 Å². The third-order valence-corrected chi connectivity index (χ3v) is 2.37. The third-order valence-electron chi connectivity index (χ3n) is 2.37. The van der Waals surface area contributed by atoms with E-state index in [1.807, 2.05) is 18.2 Å². The van der Waals surface area contributed by atoms with Crippen molar-refractivity contribution in [2.75, 3.05) is 14.2 Å². The van der Waals surface area contributed by atoms with Crippen LogP contribution < -0.4 is 9.47 Å². The largest absolute Gasteiger partial charge is 0.493 e. The molecule has 0 aliphatic rings. The predicted molar refractivity (Wildman–Crippen MR) is 61.4 cm³/mol. The minimum atomic E-state index is 0.585. The van der Waals surface area contributed by atoms with Crippen LogP contribution in [0.5, 0.6) is 11.5 Å². The zero-order chi connectivity index (χ0) is 12.3. The molecule has 0 atom stereocenters. The lowest BCUT2D eigenvalue weighted by Gasteiger charge is -2.08. The molecule has 5 heteroatoms. The van der Waals surface area contributed by atoms with Crippen molar-refractivity contribution in [1.29, 1.82) is 0 Å². The fourth-order valence-corrected chi connectivity index (χ4v) is 1.58. The molecule has 1 aromatic heterocycles. The maximum Gasteiger partial charge on any atom is 0.231 e. The van der Waals surface area contributed by atoms with Gasteiger partial charge in [-0.2, -0.15) is 4.98 Å². The van der Waals surface area contributed by atoms with E-state index in [-0.39, 0.29) is 0 Å². The van der Waals surface area contributed by atoms with Crippen LogP contribution in [0.2, 0.25) is 0 Å². The highest BCUT2D eigenvalue weighted by atomic mass is 16.5. The maximum absolute atomic E-state index is 5.23. The van der Waals surface area contributed by atoms with Gasteiger partial charge < -0.3 is 14.0 Å². The summed E-state index contributed by atoms with van der Waals surface area (Å²) in [7, 11) is 3.22. The molecule has 0 aliphatic carbocycles. The van der Waals surface area contributed by atoms with Gasteiger partial charge >= 0.3 is 0 Å². The molecule has 0 amide bonds. The summed E-state index contributed by atoms with van der Waals surface area (Å²) in [5, 5.41) is 3.75. The first kappa shape index (κ1) is 11.4. The monoisotopic (exact) mass is 234 g/mol. The van der Waals surface area contributed by atoms with Crippen molar-refractivity contribution < 1.29 is 14.0 Å². The van der Waals surface area contributed by atoms with Gasteiger partial charge in [-0.3, -0.25) is 0 Å². The lowest BCUT2D eigenvalue weighted by atomic mass is 10.1. The second-order valence-electron chi connectivity index (χ2n) is 3.60. The number of rotatable bonds is 4. The van der Waals surface area contributed by atoms with E-state index in [1.165, 1.54) is 0 Å². The minimum absolute atomic E-state index is 0.585. The summed E-state index contributed by atoms with van der Waals surface area (Å²) in [5.41, 5.74) is 1.03. The Balaban J connectivity index is 2.22. The molecule has 5 nitrogen and oxygen atoms in total. The molecule has 17 heavy (non-hydrogen) atoms. The average Bonchev–Trinajstić information content (AvgIpc) is 2.74. The molecule has 0 N–H and O–H groups in total. The molecule has 0 bridgehead atoms. The normalized spacial score (nSPS) is 10.3. The van der Waals surface area contributed by atoms with Crippen LogP contribution in [-0.2, 0) is 6.42 Å². The molecule has 0 unspecified atom stereocenters. The highest BCUT2D eigenvalue weighted by Crippen LogP contribution is 2.28. The van der Waals surface area contributed by atoms with Crippen molar-refractivity contribution in [2.24, 2.45) is 0 Å². The number of hydrogen-bond donors (Lipinski definition) is 0. The summed E-state index contributed by atoms with van der Waals surface area (Å²) in [4.78, 5) is 4.15. The molecule has 0 saturated heterocycles. The van der Waals surface area contributed by atoms with Crippen LogP contribution in [0, 0.1) is 6.92 Å². The van der Waals surface area contributed by atoms with E-state index in [4.69, 9.17) is 14.0 Å². The van der Waals surface area contributed by atoms with Crippen molar-refractivity contribution in [3.63, 3.8) is 0 Å². The molecule has 0 aliphatic heterocycles. The molecular formula is C12H14N2O3. The fourth-order valence-electron chi connectivity index (χ4n) is 1.58. The Labute approximate surface area is 99.4 Å². The Kier molecular flexibility index (Phi) is 3.27. The van der Waals surface area contributed by atoms with Crippen LogP contribution in [-0.4, -0.2) is 24.4 Å². The lowest BCUT2D eigenvalue weighted by Crippen LogP contribution is -1.94. The third kappa shape index (κ3) is 2.55. The van der Waals surface area contributed by atoms with Gasteiger partial charge in [0.25, 0.3) is 0 Å². The molecule has 1 aromatic carbocycles. The molecule has 90 valence electrons. The maximum atomic E-state index is 5.23. The van der Waals surface area contributed by atoms with Crippen LogP contribution in [0.1, 0.15) is 17.3 Å². The quantitative estimate of drug-likeness (QED) is 0.809. The summed E-state index contributed by atoms with van der Waals surface area (Å²) in [6.07, 6.45) is 0.585. The summed E-state index contributed by atoms with van der Waals surface area (Å²) in [6, 6.07) is 5.71. The predicted octanol–water partition coefficient (Wildman–Crippen LogP) is 1.99. The van der Waals surface area contributed by atoms with Crippen LogP contribution in [0.3, 0.4) is 0 Å². The van der Waals surface area contributed by atoms with Gasteiger partial charge in [0, 0.05) is 0 Å². The van der Waals surface area contributed by atoms with Crippen LogP contribution >= 0.6 is 0 Å².